The molecule has 0 heterocycles. The summed E-state index contributed by atoms with van der Waals surface area (Å²) < 4.78 is 8.21. The third-order valence-corrected chi connectivity index (χ3v) is 5.23. The summed E-state index contributed by atoms with van der Waals surface area (Å²) in [6.45, 7) is 10.1. The van der Waals surface area contributed by atoms with Crippen molar-refractivity contribution in [3.63, 3.8) is 0 Å². The zero-order valence-corrected chi connectivity index (χ0v) is 18.4. The van der Waals surface area contributed by atoms with Crippen molar-refractivity contribution in [2.75, 3.05) is 18.8 Å². The molecule has 0 aliphatic heterocycles. The van der Waals surface area contributed by atoms with E-state index in [-0.39, 0.29) is 9.49 Å². The molecule has 0 saturated heterocycles. The van der Waals surface area contributed by atoms with Crippen LogP contribution in [-0.4, -0.2) is 28.3 Å². The van der Waals surface area contributed by atoms with E-state index in [4.69, 9.17) is 21.4 Å². The maximum absolute atomic E-state index is 8.22. The van der Waals surface area contributed by atoms with E-state index in [0.717, 1.165) is 42.7 Å². The first-order chi connectivity index (χ1) is 11.3. The van der Waals surface area contributed by atoms with E-state index >= 15 is 0 Å². The van der Waals surface area contributed by atoms with E-state index < -0.39 is 0 Å². The molecule has 0 bridgehead atoms. The maximum atomic E-state index is 8.22. The summed E-state index contributed by atoms with van der Waals surface area (Å²) in [5.41, 5.74) is 1.95. The van der Waals surface area contributed by atoms with Gasteiger partial charge in [0.25, 0.3) is 0 Å². The molecule has 24 heavy (non-hydrogen) atoms. The molecular formula is C18H27N2OS2Tc. The minimum absolute atomic E-state index is 0.187. The Balaban J connectivity index is 0.00000139. The van der Waals surface area contributed by atoms with Gasteiger partial charge in [0.15, 0.2) is 0 Å². The number of rotatable bonds is 9. The first kappa shape index (κ1) is 22.0. The molecule has 0 unspecified atom stereocenters. The van der Waals surface area contributed by atoms with E-state index in [0.29, 0.717) is 6.54 Å². The number of benzene rings is 1. The Morgan fingerprint density at radius 3 is 2.04 bits per heavy atom. The Labute approximate surface area is 167 Å². The Morgan fingerprint density at radius 2 is 1.58 bits per heavy atom. The number of hydrogen-bond donors (Lipinski definition) is 0. The molecule has 1 fully saturated rings. The minimum atomic E-state index is -0.202. The summed E-state index contributed by atoms with van der Waals surface area (Å²) in [4.78, 5) is 0. The number of nitrogens with zero attached hydrogens (tertiary/aromatic N) is 2. The summed E-state index contributed by atoms with van der Waals surface area (Å²) in [5, 5.41) is 9.49. The van der Waals surface area contributed by atoms with Crippen LogP contribution in [0.2, 0.25) is 0 Å². The molecule has 1 aliphatic rings. The van der Waals surface area contributed by atoms with Crippen LogP contribution in [0.1, 0.15) is 40.5 Å². The van der Waals surface area contributed by atoms with Crippen molar-refractivity contribution in [1.82, 2.24) is 0 Å². The Kier molecular flexibility index (Phi) is 9.35. The van der Waals surface area contributed by atoms with Crippen LogP contribution >= 0.6 is 11.8 Å². The van der Waals surface area contributed by atoms with Crippen molar-refractivity contribution in [1.29, 1.82) is 0 Å². The standard InChI is InChI=1S/C18H28N2S2.O.Tc/c1-17(2,21)12-19-15-7-5-6-8-16(15)20-13-18(3,4)22-11-14-9-10-14;;/h5-8,14,21H,9-13H2,1-4H3;;/q-2;;+3/p-1. The van der Waals surface area contributed by atoms with Gasteiger partial charge in [-0.1, -0.05) is 52.0 Å². The van der Waals surface area contributed by atoms with Crippen LogP contribution in [0.15, 0.2) is 24.3 Å². The summed E-state index contributed by atoms with van der Waals surface area (Å²) >= 11 is 8.34. The summed E-state index contributed by atoms with van der Waals surface area (Å²) in [6.07, 6.45) is 2.83. The van der Waals surface area contributed by atoms with Crippen LogP contribution in [0.25, 0.3) is 10.6 Å². The molecule has 1 aromatic carbocycles. The van der Waals surface area contributed by atoms with Gasteiger partial charge in [-0.15, -0.1) is 13.1 Å². The zero-order chi connectivity index (χ0) is 18.2. The topological polar surface area (TPSA) is 45.3 Å². The van der Waals surface area contributed by atoms with Gasteiger partial charge in [0.05, 0.1) is 0 Å². The summed E-state index contributed by atoms with van der Waals surface area (Å²) in [6, 6.07) is 8.13. The van der Waals surface area contributed by atoms with Crippen LogP contribution in [-0.2, 0) is 35.0 Å². The van der Waals surface area contributed by atoms with Crippen molar-refractivity contribution < 1.29 is 22.4 Å². The fraction of sp³-hybridized carbons (Fsp3) is 0.667. The van der Waals surface area contributed by atoms with Gasteiger partial charge < -0.3 is 23.3 Å². The van der Waals surface area contributed by atoms with E-state index in [2.05, 4.69) is 37.0 Å². The molecule has 0 spiro atoms. The van der Waals surface area contributed by atoms with Crippen molar-refractivity contribution in [2.45, 2.75) is 50.0 Å². The molecule has 3 nitrogen and oxygen atoms in total. The van der Waals surface area contributed by atoms with Crippen LogP contribution in [0, 0.1) is 5.92 Å². The number of para-hydroxylation sites is 2. The SMILES string of the molecule is CC(C)([S-])C[N-]c1ccccc1[N-]CC(C)(C)SCC1CC1.[O]=[Tc+3]. The average Bonchev–Trinajstić information content (AvgIpc) is 3.36. The second-order valence-electron chi connectivity index (χ2n) is 7.39. The molecule has 0 radical (unpaired) electrons. The van der Waals surface area contributed by atoms with Gasteiger partial charge in [0, 0.05) is 0 Å². The molecule has 1 aliphatic carbocycles. The van der Waals surface area contributed by atoms with Crippen molar-refractivity contribution >= 4 is 35.8 Å². The van der Waals surface area contributed by atoms with E-state index in [1.807, 2.05) is 32.0 Å². The normalized spacial score (nSPS) is 14.5. The van der Waals surface area contributed by atoms with Crippen LogP contribution in [0.5, 0.6) is 0 Å². The molecule has 1 saturated carbocycles. The molecule has 6 heteroatoms. The molecule has 0 amide bonds. The van der Waals surface area contributed by atoms with Crippen LogP contribution in [0.4, 0.5) is 11.4 Å². The van der Waals surface area contributed by atoms with E-state index in [1.165, 1.54) is 18.6 Å². The summed E-state index contributed by atoms with van der Waals surface area (Å²) in [7, 11) is 0. The molecule has 0 aromatic heterocycles. The van der Waals surface area contributed by atoms with Gasteiger partial charge in [-0.2, -0.15) is 27.9 Å². The van der Waals surface area contributed by atoms with Gasteiger partial charge >= 0.3 is 22.4 Å². The van der Waals surface area contributed by atoms with Crippen molar-refractivity contribution in [3.8, 4) is 0 Å². The predicted octanol–water partition coefficient (Wildman–Crippen LogP) is 5.82. The molecule has 1 aromatic rings. The summed E-state index contributed by atoms with van der Waals surface area (Å²) in [5.74, 6) is 2.24. The zero-order valence-electron chi connectivity index (χ0n) is 14.9. The van der Waals surface area contributed by atoms with Gasteiger partial charge in [0.2, 0.25) is 0 Å². The van der Waals surface area contributed by atoms with E-state index in [1.54, 1.807) is 0 Å². The molecule has 134 valence electrons. The van der Waals surface area contributed by atoms with Crippen molar-refractivity contribution in [2.24, 2.45) is 5.92 Å². The second kappa shape index (κ2) is 10.2. The van der Waals surface area contributed by atoms with Crippen LogP contribution in [0.3, 0.4) is 0 Å². The third kappa shape index (κ3) is 9.45. The Bertz CT molecular complexity index is 502. The molecule has 0 atom stereocenters. The first-order valence-corrected chi connectivity index (χ1v) is 10.3. The van der Waals surface area contributed by atoms with Crippen molar-refractivity contribution in [3.05, 3.63) is 34.9 Å². The van der Waals surface area contributed by atoms with Gasteiger partial charge in [-0.3, -0.25) is 0 Å². The van der Waals surface area contributed by atoms with Gasteiger partial charge in [0.1, 0.15) is 0 Å². The molecule has 2 rings (SSSR count). The van der Waals surface area contributed by atoms with Gasteiger partial charge in [-0.25, -0.2) is 0 Å². The third-order valence-electron chi connectivity index (χ3n) is 3.55. The fourth-order valence-electron chi connectivity index (χ4n) is 1.96. The second-order valence-corrected chi connectivity index (χ2v) is 10.2. The predicted molar refractivity (Wildman–Crippen MR) is 104 cm³/mol. The Hall–Kier alpha value is -0.0306. The van der Waals surface area contributed by atoms with Crippen LogP contribution < -0.4 is 0 Å². The Morgan fingerprint density at radius 1 is 1.08 bits per heavy atom. The first-order valence-electron chi connectivity index (χ1n) is 8.19. The molecular weight excluding hydrogens is 422 g/mol. The quantitative estimate of drug-likeness (QED) is 0.446. The monoisotopic (exact) mass is 448 g/mol. The average molecular weight is 450 g/mol. The van der Waals surface area contributed by atoms with E-state index in [9.17, 15) is 0 Å². The number of hydrogen-bond acceptors (Lipinski definition) is 3. The van der Waals surface area contributed by atoms with Gasteiger partial charge in [-0.05, 0) is 29.3 Å². The molecule has 0 N–H and O–H groups in total. The fourth-order valence-corrected chi connectivity index (χ4v) is 3.20. The number of thioether (sulfide) groups is 1.